The summed E-state index contributed by atoms with van der Waals surface area (Å²) < 4.78 is 51.4. The zero-order valence-electron chi connectivity index (χ0n) is 35.1. The summed E-state index contributed by atoms with van der Waals surface area (Å²) in [6.45, 7) is -1.47. The Bertz CT molecular complexity index is 1560. The third kappa shape index (κ3) is 11.9. The predicted octanol–water partition coefficient (Wildman–Crippen LogP) is -11.5. The standard InChI is InChI=1S/C36H61N3O26/c1-9(45)37-17-24(52)28(15(7-43)57-32(17)56)62-35-26(54)25(53)29(16(8-44)61-35)63-36-27(55)31(22(50)14(6-42)60-36)65-34-19(39-11(3)47)30(21(49)13(5-41)59-34)64-33-18(38-10(2)46)23(51)20(48)12(4-40)58-33/h12-36,40-44,48-56H,4-8H2,1-3H3,(H,37,45)(H,38,46)(H,39,47)/t12-,13-,14-,15-,16-,17-,18-,19-,20+,21+,22+,23-,24-,25-,26-,27-,28-,29+,30-,31+,32-,33-,34+,35+,36-/m1/s1. The summed E-state index contributed by atoms with van der Waals surface area (Å²) >= 11 is 0. The Morgan fingerprint density at radius 3 is 1.26 bits per heavy atom. The van der Waals surface area contributed by atoms with Crippen molar-refractivity contribution < 1.29 is 129 Å². The molecule has 5 aliphatic heterocycles. The normalized spacial score (nSPS) is 47.1. The van der Waals surface area contributed by atoms with E-state index < -0.39 is 204 Å². The third-order valence-corrected chi connectivity index (χ3v) is 11.5. The van der Waals surface area contributed by atoms with E-state index in [1.165, 1.54) is 0 Å². The number of amides is 3. The second-order valence-corrected chi connectivity index (χ2v) is 16.2. The first-order valence-electron chi connectivity index (χ1n) is 20.6. The smallest absolute Gasteiger partial charge is 0.217 e. The number of hydrogen-bond acceptors (Lipinski definition) is 26. The summed E-state index contributed by atoms with van der Waals surface area (Å²) in [6.07, 6.45) is -40.2. The van der Waals surface area contributed by atoms with Crippen molar-refractivity contribution >= 4 is 17.7 Å². The maximum atomic E-state index is 12.6. The molecule has 25 atom stereocenters. The summed E-state index contributed by atoms with van der Waals surface area (Å²) in [5.41, 5.74) is 0. The van der Waals surface area contributed by atoms with Gasteiger partial charge in [0.1, 0.15) is 122 Å². The Morgan fingerprint density at radius 2 is 0.738 bits per heavy atom. The molecule has 5 fully saturated rings. The van der Waals surface area contributed by atoms with Crippen molar-refractivity contribution in [2.24, 2.45) is 0 Å². The summed E-state index contributed by atoms with van der Waals surface area (Å²) in [4.78, 5) is 36.4. The van der Waals surface area contributed by atoms with Crippen LogP contribution in [0, 0.1) is 0 Å². The number of aliphatic hydroxyl groups is 14. The van der Waals surface area contributed by atoms with Crippen LogP contribution in [0.1, 0.15) is 20.8 Å². The van der Waals surface area contributed by atoms with Crippen molar-refractivity contribution in [1.29, 1.82) is 0 Å². The molecule has 65 heavy (non-hydrogen) atoms. The van der Waals surface area contributed by atoms with Crippen LogP contribution < -0.4 is 16.0 Å². The fraction of sp³-hybridized carbons (Fsp3) is 0.917. The number of rotatable bonds is 16. The van der Waals surface area contributed by atoms with Gasteiger partial charge in [-0.25, -0.2) is 0 Å². The minimum absolute atomic E-state index is 0.687. The molecule has 29 nitrogen and oxygen atoms in total. The van der Waals surface area contributed by atoms with Gasteiger partial charge in [-0.05, 0) is 0 Å². The second-order valence-electron chi connectivity index (χ2n) is 16.2. The first kappa shape index (κ1) is 53.4. The molecule has 0 aliphatic carbocycles. The van der Waals surface area contributed by atoms with Gasteiger partial charge in [-0.3, -0.25) is 14.4 Å². The molecular weight excluding hydrogens is 890 g/mol. The number of aliphatic hydroxyl groups excluding tert-OH is 14. The maximum Gasteiger partial charge on any atom is 0.217 e. The van der Waals surface area contributed by atoms with Crippen LogP contribution >= 0.6 is 0 Å². The van der Waals surface area contributed by atoms with Crippen molar-refractivity contribution in [3.05, 3.63) is 0 Å². The minimum Gasteiger partial charge on any atom is -0.394 e. The number of carbonyl (C=O) groups excluding carboxylic acids is 3. The Balaban J connectivity index is 1.37. The van der Waals surface area contributed by atoms with Gasteiger partial charge in [0.25, 0.3) is 0 Å². The molecular formula is C36H61N3O26. The minimum atomic E-state index is -2.17. The molecule has 0 aromatic heterocycles. The van der Waals surface area contributed by atoms with Gasteiger partial charge in [-0.1, -0.05) is 0 Å². The molecule has 0 saturated carbocycles. The molecule has 0 unspecified atom stereocenters. The fourth-order valence-corrected chi connectivity index (χ4v) is 8.24. The van der Waals surface area contributed by atoms with Crippen LogP contribution in [0.25, 0.3) is 0 Å². The number of nitrogens with one attached hydrogen (secondary N) is 3. The molecule has 0 spiro atoms. The van der Waals surface area contributed by atoms with E-state index in [-0.39, 0.29) is 0 Å². The lowest BCUT2D eigenvalue weighted by Gasteiger charge is -2.50. The molecule has 17 N–H and O–H groups in total. The van der Waals surface area contributed by atoms with Gasteiger partial charge in [0.15, 0.2) is 31.5 Å². The van der Waals surface area contributed by atoms with Crippen molar-refractivity contribution in [2.45, 2.75) is 174 Å². The summed E-state index contributed by atoms with van der Waals surface area (Å²) in [7, 11) is 0. The van der Waals surface area contributed by atoms with Crippen LogP contribution in [0.15, 0.2) is 0 Å². The van der Waals surface area contributed by atoms with Gasteiger partial charge in [0.2, 0.25) is 17.7 Å². The number of hydrogen-bond donors (Lipinski definition) is 17. The van der Waals surface area contributed by atoms with E-state index in [9.17, 15) is 85.9 Å². The van der Waals surface area contributed by atoms with Crippen LogP contribution in [0.3, 0.4) is 0 Å². The van der Waals surface area contributed by atoms with E-state index in [0.29, 0.717) is 0 Å². The van der Waals surface area contributed by atoms with E-state index in [0.717, 1.165) is 20.8 Å². The first-order valence-corrected chi connectivity index (χ1v) is 20.6. The zero-order valence-corrected chi connectivity index (χ0v) is 35.1. The average molecular weight is 952 g/mol. The molecule has 0 radical (unpaired) electrons. The molecule has 376 valence electrons. The van der Waals surface area contributed by atoms with Crippen molar-refractivity contribution in [1.82, 2.24) is 16.0 Å². The highest BCUT2D eigenvalue weighted by atomic mass is 16.8. The molecule has 0 aromatic carbocycles. The van der Waals surface area contributed by atoms with Crippen LogP contribution in [-0.4, -0.2) is 276 Å². The van der Waals surface area contributed by atoms with Crippen LogP contribution in [-0.2, 0) is 57.0 Å². The van der Waals surface area contributed by atoms with Gasteiger partial charge >= 0.3 is 0 Å². The lowest BCUT2D eigenvalue weighted by atomic mass is 9.93. The van der Waals surface area contributed by atoms with E-state index >= 15 is 0 Å². The lowest BCUT2D eigenvalue weighted by molar-refractivity contribution is -0.385. The van der Waals surface area contributed by atoms with Gasteiger partial charge in [0.05, 0.1) is 33.0 Å². The Labute approximate surface area is 369 Å². The molecule has 0 aromatic rings. The van der Waals surface area contributed by atoms with Gasteiger partial charge in [-0.15, -0.1) is 0 Å². The second kappa shape index (κ2) is 23.2. The van der Waals surface area contributed by atoms with Crippen LogP contribution in [0.4, 0.5) is 0 Å². The SMILES string of the molecule is CC(=O)N[C@@H]1[C@@H](O)[C@H](O[C@@H]2O[C@H](CO)[C@H](O[C@H]3O[C@H](CO)[C@H](O)[C@H](O[C@@H]4O[C@H](CO)[C@H](O)[C@H](O[C@H]5O[C@H](CO)[C@H](O)[C@H](O)[C@H]5NC(C)=O)[C@H]4NC(C)=O)[C@H]3O)[C@H](O)[C@H]2O)[C@@H](CO)O[C@H]1O. The summed E-state index contributed by atoms with van der Waals surface area (Å²) in [5.74, 6) is -2.23. The molecule has 5 aliphatic rings. The van der Waals surface area contributed by atoms with Gasteiger partial charge < -0.3 is 130 Å². The number of carbonyl (C=O) groups is 3. The van der Waals surface area contributed by atoms with E-state index in [1.54, 1.807) is 0 Å². The third-order valence-electron chi connectivity index (χ3n) is 11.5. The quantitative estimate of drug-likeness (QED) is 0.0683. The van der Waals surface area contributed by atoms with Crippen LogP contribution in [0.5, 0.6) is 0 Å². The van der Waals surface area contributed by atoms with Crippen LogP contribution in [0.2, 0.25) is 0 Å². The van der Waals surface area contributed by atoms with Gasteiger partial charge in [0, 0.05) is 20.8 Å². The Morgan fingerprint density at radius 1 is 0.369 bits per heavy atom. The summed E-state index contributed by atoms with van der Waals surface area (Å²) in [5, 5.41) is 157. The van der Waals surface area contributed by atoms with E-state index in [1.807, 2.05) is 0 Å². The highest BCUT2D eigenvalue weighted by Crippen LogP contribution is 2.36. The zero-order chi connectivity index (χ0) is 48.2. The predicted molar refractivity (Wildman–Crippen MR) is 201 cm³/mol. The highest BCUT2D eigenvalue weighted by molar-refractivity contribution is 5.74. The van der Waals surface area contributed by atoms with E-state index in [4.69, 9.17) is 42.6 Å². The highest BCUT2D eigenvalue weighted by Gasteiger charge is 2.57. The first-order chi connectivity index (χ1) is 30.7. The Kier molecular flexibility index (Phi) is 19.1. The van der Waals surface area contributed by atoms with Crippen molar-refractivity contribution in [2.75, 3.05) is 33.0 Å². The fourth-order valence-electron chi connectivity index (χ4n) is 8.24. The largest absolute Gasteiger partial charge is 0.394 e. The molecule has 29 heteroatoms. The topological polar surface area (TPSA) is 454 Å². The lowest BCUT2D eigenvalue weighted by Crippen LogP contribution is -2.71. The number of ether oxygens (including phenoxy) is 9. The van der Waals surface area contributed by atoms with Crippen molar-refractivity contribution in [3.63, 3.8) is 0 Å². The molecule has 0 bridgehead atoms. The molecule has 5 heterocycles. The average Bonchev–Trinajstić information content (AvgIpc) is 3.26. The van der Waals surface area contributed by atoms with Crippen molar-refractivity contribution in [3.8, 4) is 0 Å². The monoisotopic (exact) mass is 951 g/mol. The van der Waals surface area contributed by atoms with Gasteiger partial charge in [-0.2, -0.15) is 0 Å². The Hall–Kier alpha value is -2.51. The molecule has 3 amide bonds. The summed E-state index contributed by atoms with van der Waals surface area (Å²) in [6, 6.07) is -4.74. The maximum absolute atomic E-state index is 12.6. The van der Waals surface area contributed by atoms with E-state index in [2.05, 4.69) is 16.0 Å². The molecule has 5 rings (SSSR count). The molecule has 5 saturated heterocycles.